The minimum absolute atomic E-state index is 0.0363. The number of piperidine rings is 2. The number of aromatic nitrogens is 5. The molecule has 2 aromatic carbocycles. The van der Waals surface area contributed by atoms with Gasteiger partial charge in [0.2, 0.25) is 17.7 Å². The Morgan fingerprint density at radius 3 is 2.50 bits per heavy atom. The lowest BCUT2D eigenvalue weighted by molar-refractivity contribution is -0.133. The fourth-order valence-corrected chi connectivity index (χ4v) is 7.25. The molecule has 1 unspecified atom stereocenters. The first kappa shape index (κ1) is 36.9. The average molecular weight is 732 g/mol. The van der Waals surface area contributed by atoms with Crippen LogP contribution in [0, 0.1) is 6.92 Å². The lowest BCUT2D eigenvalue weighted by Gasteiger charge is -2.32. The molecule has 13 heteroatoms. The minimum Gasteiger partial charge on any atom is -0.374 e. The number of benzene rings is 2. The van der Waals surface area contributed by atoms with Crippen molar-refractivity contribution in [2.24, 2.45) is 0 Å². The molecule has 0 aliphatic carbocycles. The van der Waals surface area contributed by atoms with Gasteiger partial charge in [-0.05, 0) is 111 Å². The first-order valence-corrected chi connectivity index (χ1v) is 19.0. The second-order valence-electron chi connectivity index (χ2n) is 15.6. The molecule has 54 heavy (non-hydrogen) atoms. The van der Waals surface area contributed by atoms with E-state index in [-0.39, 0.29) is 35.0 Å². The molecule has 3 N–H and O–H groups in total. The molecule has 5 heterocycles. The highest BCUT2D eigenvalue weighted by Gasteiger charge is 2.27. The molecule has 2 aliphatic rings. The van der Waals surface area contributed by atoms with E-state index in [0.717, 1.165) is 90.8 Å². The maximum Gasteiger partial charge on any atom is 0.292 e. The van der Waals surface area contributed by atoms with Crippen molar-refractivity contribution in [1.29, 1.82) is 0 Å². The highest BCUT2D eigenvalue weighted by molar-refractivity contribution is 6.01. The number of likely N-dealkylation sites (tertiary alicyclic amines) is 1. The molecule has 0 bridgehead atoms. The van der Waals surface area contributed by atoms with Gasteiger partial charge in [-0.1, -0.05) is 56.3 Å². The molecule has 1 atom stereocenters. The summed E-state index contributed by atoms with van der Waals surface area (Å²) >= 11 is 0. The van der Waals surface area contributed by atoms with Gasteiger partial charge in [-0.2, -0.15) is 10.1 Å². The van der Waals surface area contributed by atoms with Crippen molar-refractivity contribution in [3.8, 4) is 11.1 Å². The molecule has 5 aromatic rings. The third-order valence-electron chi connectivity index (χ3n) is 10.5. The van der Waals surface area contributed by atoms with Gasteiger partial charge in [0.05, 0.1) is 0 Å². The van der Waals surface area contributed by atoms with Crippen molar-refractivity contribution in [1.82, 2.24) is 40.4 Å². The van der Waals surface area contributed by atoms with Gasteiger partial charge in [0, 0.05) is 48.4 Å². The SMILES string of the molecule is Cc1cc(-c2ccnc3nn(CCCCN4CCC(c5ccc(NC6CCC(=O)NC6=O)cc5)CC4)cc23)ccc1CNC(=O)c1noc(C(C)(C)C)n1. The Bertz CT molecular complexity index is 2120. The maximum absolute atomic E-state index is 12.7. The molecule has 0 saturated carbocycles. The number of pyridine rings is 1. The summed E-state index contributed by atoms with van der Waals surface area (Å²) in [5.74, 6) is 0.183. The molecule has 0 spiro atoms. The van der Waals surface area contributed by atoms with Gasteiger partial charge in [0.1, 0.15) is 6.04 Å². The number of rotatable bonds is 12. The lowest BCUT2D eigenvalue weighted by Crippen LogP contribution is -2.47. The molecular weight excluding hydrogens is 683 g/mol. The highest BCUT2D eigenvalue weighted by Crippen LogP contribution is 2.31. The molecule has 3 amide bonds. The van der Waals surface area contributed by atoms with Gasteiger partial charge in [0.15, 0.2) is 5.65 Å². The van der Waals surface area contributed by atoms with E-state index in [1.807, 2.05) is 62.8 Å². The van der Waals surface area contributed by atoms with E-state index in [0.29, 0.717) is 31.2 Å². The Hall–Kier alpha value is -5.43. The Morgan fingerprint density at radius 1 is 1.00 bits per heavy atom. The zero-order chi connectivity index (χ0) is 37.8. The molecule has 2 saturated heterocycles. The van der Waals surface area contributed by atoms with Crippen LogP contribution in [0.3, 0.4) is 0 Å². The van der Waals surface area contributed by atoms with Gasteiger partial charge in [-0.15, -0.1) is 0 Å². The molecule has 2 fully saturated rings. The number of fused-ring (bicyclic) bond motifs is 1. The average Bonchev–Trinajstić information content (AvgIpc) is 3.83. The van der Waals surface area contributed by atoms with Gasteiger partial charge in [0.25, 0.3) is 11.7 Å². The van der Waals surface area contributed by atoms with E-state index in [1.54, 1.807) is 0 Å². The molecule has 2 aliphatic heterocycles. The molecule has 0 radical (unpaired) electrons. The zero-order valence-corrected chi connectivity index (χ0v) is 31.5. The number of hydrogen-bond donors (Lipinski definition) is 3. The van der Waals surface area contributed by atoms with Crippen LogP contribution in [0.5, 0.6) is 0 Å². The first-order valence-electron chi connectivity index (χ1n) is 19.0. The molecule has 7 rings (SSSR count). The van der Waals surface area contributed by atoms with Crippen LogP contribution >= 0.6 is 0 Å². The predicted octanol–water partition coefficient (Wildman–Crippen LogP) is 5.89. The van der Waals surface area contributed by atoms with Crippen LogP contribution in [0.15, 0.2) is 65.4 Å². The van der Waals surface area contributed by atoms with Crippen molar-refractivity contribution in [3.05, 3.63) is 89.3 Å². The topological polar surface area (TPSA) is 160 Å². The number of carbonyl (C=O) groups is 3. The van der Waals surface area contributed by atoms with Crippen LogP contribution in [-0.2, 0) is 28.1 Å². The van der Waals surface area contributed by atoms with Crippen molar-refractivity contribution >= 4 is 34.4 Å². The summed E-state index contributed by atoms with van der Waals surface area (Å²) < 4.78 is 7.29. The van der Waals surface area contributed by atoms with Crippen LogP contribution in [0.2, 0.25) is 0 Å². The second-order valence-corrected chi connectivity index (χ2v) is 15.6. The third kappa shape index (κ3) is 8.68. The predicted molar refractivity (Wildman–Crippen MR) is 206 cm³/mol. The van der Waals surface area contributed by atoms with E-state index in [1.165, 1.54) is 5.56 Å². The summed E-state index contributed by atoms with van der Waals surface area (Å²) in [6.45, 7) is 12.4. The molecule has 282 valence electrons. The van der Waals surface area contributed by atoms with Crippen LogP contribution < -0.4 is 16.0 Å². The van der Waals surface area contributed by atoms with Crippen molar-refractivity contribution in [2.45, 2.75) is 96.7 Å². The number of carbonyl (C=O) groups excluding carboxylic acids is 3. The van der Waals surface area contributed by atoms with E-state index >= 15 is 0 Å². The van der Waals surface area contributed by atoms with E-state index < -0.39 is 0 Å². The van der Waals surface area contributed by atoms with Gasteiger partial charge >= 0.3 is 0 Å². The summed E-state index contributed by atoms with van der Waals surface area (Å²) in [4.78, 5) is 47.6. The van der Waals surface area contributed by atoms with E-state index in [2.05, 4.69) is 66.4 Å². The standard InChI is InChI=1S/C41H49N9O4/c1-26-23-29(7-8-30(26)24-43-39(53)37-46-40(54-48-37)41(2,3)4)32-15-18-42-36-33(32)25-50(47-36)20-6-5-19-49-21-16-28(17-22-49)27-9-11-31(12-10-27)44-34-13-14-35(51)45-38(34)52/h7-12,15,18,23,25,28,34,44H,5-6,13-14,16-17,19-22,24H2,1-4H3,(H,43,53)(H,45,51,52). The van der Waals surface area contributed by atoms with E-state index in [9.17, 15) is 14.4 Å². The Balaban J connectivity index is 0.864. The van der Waals surface area contributed by atoms with Crippen molar-refractivity contribution < 1.29 is 18.9 Å². The largest absolute Gasteiger partial charge is 0.374 e. The highest BCUT2D eigenvalue weighted by atomic mass is 16.5. The van der Waals surface area contributed by atoms with Gasteiger partial charge in [-0.25, -0.2) is 4.98 Å². The van der Waals surface area contributed by atoms with Crippen LogP contribution in [-0.4, -0.2) is 73.2 Å². The summed E-state index contributed by atoms with van der Waals surface area (Å²) in [6.07, 6.45) is 9.20. The number of imide groups is 1. The number of unbranched alkanes of at least 4 members (excludes halogenated alkanes) is 1. The number of nitrogens with one attached hydrogen (secondary N) is 3. The number of amides is 3. The number of nitrogens with zero attached hydrogens (tertiary/aromatic N) is 6. The quantitative estimate of drug-likeness (QED) is 0.104. The summed E-state index contributed by atoms with van der Waals surface area (Å²) in [5, 5.41) is 18.2. The summed E-state index contributed by atoms with van der Waals surface area (Å²) in [6, 6.07) is 16.4. The third-order valence-corrected chi connectivity index (χ3v) is 10.5. The van der Waals surface area contributed by atoms with Crippen LogP contribution in [0.1, 0.15) is 98.4 Å². The fraction of sp³-hybridized carbons (Fsp3) is 0.439. The van der Waals surface area contributed by atoms with Gasteiger partial charge < -0.3 is 20.1 Å². The van der Waals surface area contributed by atoms with Crippen molar-refractivity contribution in [2.75, 3.05) is 25.0 Å². The van der Waals surface area contributed by atoms with Crippen LogP contribution in [0.25, 0.3) is 22.2 Å². The Morgan fingerprint density at radius 2 is 1.78 bits per heavy atom. The fourth-order valence-electron chi connectivity index (χ4n) is 7.25. The maximum atomic E-state index is 12.7. The monoisotopic (exact) mass is 731 g/mol. The van der Waals surface area contributed by atoms with Crippen LogP contribution in [0.4, 0.5) is 5.69 Å². The van der Waals surface area contributed by atoms with Gasteiger partial charge in [-0.3, -0.25) is 24.4 Å². The number of hydrogen-bond acceptors (Lipinski definition) is 10. The summed E-state index contributed by atoms with van der Waals surface area (Å²) in [5.41, 5.74) is 6.88. The smallest absolute Gasteiger partial charge is 0.292 e. The number of aryl methyl sites for hydroxylation is 2. The minimum atomic E-state index is -0.368. The number of anilines is 1. The molecular formula is C41H49N9O4. The van der Waals surface area contributed by atoms with E-state index in [4.69, 9.17) is 9.62 Å². The molecule has 13 nitrogen and oxygen atoms in total. The summed E-state index contributed by atoms with van der Waals surface area (Å²) in [7, 11) is 0. The normalized spacial score (nSPS) is 17.1. The lowest BCUT2D eigenvalue weighted by atomic mass is 9.89. The van der Waals surface area contributed by atoms with Crippen molar-refractivity contribution in [3.63, 3.8) is 0 Å². The second kappa shape index (κ2) is 15.9. The first-order chi connectivity index (χ1) is 26.0. The Labute approximate surface area is 315 Å². The molecule has 3 aromatic heterocycles. The Kier molecular flexibility index (Phi) is 10.9. The zero-order valence-electron chi connectivity index (χ0n) is 31.5.